The molecule has 2 aliphatic rings. The fourth-order valence-corrected chi connectivity index (χ4v) is 4.83. The number of carbonyl (C=O) groups is 1. The van der Waals surface area contributed by atoms with E-state index in [1.807, 2.05) is 11.8 Å². The molecular formula is C26H30F2N6O4. The van der Waals surface area contributed by atoms with Gasteiger partial charge >= 0.3 is 6.09 Å². The van der Waals surface area contributed by atoms with Crippen LogP contribution < -0.4 is 21.1 Å². The first-order chi connectivity index (χ1) is 18.4. The van der Waals surface area contributed by atoms with Crippen LogP contribution in [0.25, 0.3) is 21.9 Å². The van der Waals surface area contributed by atoms with Crippen molar-refractivity contribution in [3.63, 3.8) is 0 Å². The van der Waals surface area contributed by atoms with Crippen molar-refractivity contribution in [3.05, 3.63) is 35.9 Å². The first-order valence-electron chi connectivity index (χ1n) is 12.4. The Labute approximate surface area is 218 Å². The number of hydrogen-bond acceptors (Lipinski definition) is 9. The van der Waals surface area contributed by atoms with Crippen molar-refractivity contribution in [1.29, 1.82) is 0 Å². The Bertz CT molecular complexity index is 1360. The van der Waals surface area contributed by atoms with E-state index < -0.39 is 24.2 Å². The van der Waals surface area contributed by atoms with Gasteiger partial charge < -0.3 is 25.3 Å². The van der Waals surface area contributed by atoms with Crippen molar-refractivity contribution in [3.8, 4) is 17.0 Å². The third-order valence-electron chi connectivity index (χ3n) is 6.90. The number of piperidine rings is 1. The minimum absolute atomic E-state index is 0.0686. The summed E-state index contributed by atoms with van der Waals surface area (Å²) in [4.78, 5) is 23.0. The molecule has 1 fully saturated rings. The third-order valence-corrected chi connectivity index (χ3v) is 6.90. The van der Waals surface area contributed by atoms with Gasteiger partial charge in [0.1, 0.15) is 30.4 Å². The van der Waals surface area contributed by atoms with Crippen LogP contribution in [0, 0.1) is 12.7 Å². The molecule has 0 spiro atoms. The predicted octanol–water partition coefficient (Wildman–Crippen LogP) is 3.74. The molecule has 2 aliphatic heterocycles. The van der Waals surface area contributed by atoms with Crippen LogP contribution in [-0.4, -0.2) is 79.7 Å². The standard InChI is InChI=1S/C26H30F2N6O4/c1-14-17(11-32-25-24(14)30-4-7-37-25)16-9-15-10-21(31-12-18(15)23(29)22(16)28)33-26(35)38-20-3-5-34(6-8-36-2)13-19(20)27/h9-12,19-20,30H,3-8,13,29H2,1-2H3,(H,31,33,35)/t19-,20-/m1/s1. The highest BCUT2D eigenvalue weighted by molar-refractivity contribution is 5.99. The quantitative estimate of drug-likeness (QED) is 0.411. The fraction of sp³-hybridized carbons (Fsp3) is 0.423. The zero-order valence-electron chi connectivity index (χ0n) is 21.2. The number of likely N-dealkylation sites (tertiary alicyclic amines) is 1. The fourth-order valence-electron chi connectivity index (χ4n) is 4.83. The van der Waals surface area contributed by atoms with E-state index >= 15 is 4.39 Å². The van der Waals surface area contributed by atoms with Crippen molar-refractivity contribution in [2.24, 2.45) is 0 Å². The minimum atomic E-state index is -1.31. The van der Waals surface area contributed by atoms with Gasteiger partial charge in [-0.05, 0) is 30.0 Å². The van der Waals surface area contributed by atoms with Gasteiger partial charge in [0.15, 0.2) is 5.82 Å². The van der Waals surface area contributed by atoms with E-state index in [4.69, 9.17) is 19.9 Å². The van der Waals surface area contributed by atoms with Crippen LogP contribution in [0.15, 0.2) is 24.5 Å². The number of anilines is 3. The normalized spacial score (nSPS) is 19.4. The van der Waals surface area contributed by atoms with Crippen LogP contribution in [0.4, 0.5) is 30.8 Å². The van der Waals surface area contributed by atoms with E-state index in [0.717, 1.165) is 5.56 Å². The van der Waals surface area contributed by atoms with E-state index in [1.165, 1.54) is 6.20 Å². The highest BCUT2D eigenvalue weighted by Gasteiger charge is 2.32. The number of benzene rings is 1. The van der Waals surface area contributed by atoms with E-state index in [-0.39, 0.29) is 23.6 Å². The summed E-state index contributed by atoms with van der Waals surface area (Å²) < 4.78 is 45.9. The number of carbonyl (C=O) groups excluding carboxylic acids is 1. The van der Waals surface area contributed by atoms with Crippen molar-refractivity contribution < 1.29 is 27.8 Å². The van der Waals surface area contributed by atoms with Crippen molar-refractivity contribution in [2.45, 2.75) is 25.6 Å². The molecule has 12 heteroatoms. The van der Waals surface area contributed by atoms with E-state index in [0.29, 0.717) is 67.2 Å². The average Bonchev–Trinajstić information content (AvgIpc) is 2.91. The zero-order chi connectivity index (χ0) is 26.8. The van der Waals surface area contributed by atoms with E-state index in [1.54, 1.807) is 25.4 Å². The molecule has 0 unspecified atom stereocenters. The number of fused-ring (bicyclic) bond motifs is 2. The number of nitrogens with two attached hydrogens (primary N) is 1. The SMILES string of the molecule is COCCN1CC[C@@H](OC(=O)Nc2cc3cc(-c4cnc5c(c4C)NCCO5)c(F)c(N)c3cn2)[C@H](F)C1. The van der Waals surface area contributed by atoms with Gasteiger partial charge in [0.25, 0.3) is 0 Å². The van der Waals surface area contributed by atoms with Crippen LogP contribution in [0.5, 0.6) is 5.88 Å². The molecule has 10 nitrogen and oxygen atoms in total. The lowest BCUT2D eigenvalue weighted by atomic mass is 9.97. The second-order valence-electron chi connectivity index (χ2n) is 9.36. The summed E-state index contributed by atoms with van der Waals surface area (Å²) in [6, 6.07) is 3.20. The van der Waals surface area contributed by atoms with Crippen molar-refractivity contribution in [2.75, 3.05) is 62.9 Å². The predicted molar refractivity (Wildman–Crippen MR) is 140 cm³/mol. The summed E-state index contributed by atoms with van der Waals surface area (Å²) in [6.45, 7) is 4.87. The summed E-state index contributed by atoms with van der Waals surface area (Å²) in [6.07, 6.45) is 0.322. The van der Waals surface area contributed by atoms with Gasteiger partial charge in [0, 0.05) is 68.6 Å². The lowest BCUT2D eigenvalue weighted by Crippen LogP contribution is -2.47. The molecular weight excluding hydrogens is 498 g/mol. The second kappa shape index (κ2) is 10.9. The maximum absolute atomic E-state index is 15.4. The monoisotopic (exact) mass is 528 g/mol. The lowest BCUT2D eigenvalue weighted by molar-refractivity contribution is -0.00814. The Balaban J connectivity index is 1.35. The lowest BCUT2D eigenvalue weighted by Gasteiger charge is -2.33. The molecule has 2 atom stereocenters. The van der Waals surface area contributed by atoms with E-state index in [9.17, 15) is 9.18 Å². The van der Waals surface area contributed by atoms with Gasteiger partial charge in [-0.25, -0.2) is 23.5 Å². The highest BCUT2D eigenvalue weighted by Crippen LogP contribution is 2.39. The number of pyridine rings is 2. The van der Waals surface area contributed by atoms with Gasteiger partial charge in [-0.15, -0.1) is 0 Å². The zero-order valence-corrected chi connectivity index (χ0v) is 21.2. The molecule has 38 heavy (non-hydrogen) atoms. The molecule has 5 rings (SSSR count). The molecule has 3 aromatic rings. The Morgan fingerprint density at radius 2 is 2.16 bits per heavy atom. The first-order valence-corrected chi connectivity index (χ1v) is 12.4. The number of hydrogen-bond donors (Lipinski definition) is 3. The van der Waals surface area contributed by atoms with Gasteiger partial charge in [0.2, 0.25) is 5.88 Å². The number of aromatic nitrogens is 2. The van der Waals surface area contributed by atoms with Crippen LogP contribution in [0.2, 0.25) is 0 Å². The first kappa shape index (κ1) is 25.9. The summed E-state index contributed by atoms with van der Waals surface area (Å²) >= 11 is 0. The van der Waals surface area contributed by atoms with Crippen LogP contribution in [0.3, 0.4) is 0 Å². The summed E-state index contributed by atoms with van der Waals surface area (Å²) in [5.74, 6) is 0.0478. The maximum atomic E-state index is 15.4. The Hall–Kier alpha value is -3.77. The topological polar surface area (TPSA) is 124 Å². The molecule has 1 saturated heterocycles. The maximum Gasteiger partial charge on any atom is 0.413 e. The van der Waals surface area contributed by atoms with E-state index in [2.05, 4.69) is 20.6 Å². The molecule has 0 radical (unpaired) electrons. The van der Waals surface area contributed by atoms with Crippen molar-refractivity contribution >= 4 is 34.1 Å². The Kier molecular flexibility index (Phi) is 7.43. The Morgan fingerprint density at radius 1 is 1.32 bits per heavy atom. The van der Waals surface area contributed by atoms with Gasteiger partial charge in [-0.2, -0.15) is 0 Å². The number of nitrogens with one attached hydrogen (secondary N) is 2. The number of ether oxygens (including phenoxy) is 3. The highest BCUT2D eigenvalue weighted by atomic mass is 19.1. The molecule has 4 N–H and O–H groups in total. The average molecular weight is 529 g/mol. The number of methoxy groups -OCH3 is 1. The number of nitrogen functional groups attached to an aromatic ring is 1. The molecule has 202 valence electrons. The molecule has 1 amide bonds. The summed E-state index contributed by atoms with van der Waals surface area (Å²) in [7, 11) is 1.60. The van der Waals surface area contributed by atoms with Gasteiger partial charge in [0.05, 0.1) is 12.3 Å². The second-order valence-corrected chi connectivity index (χ2v) is 9.36. The number of halogens is 2. The molecule has 1 aromatic carbocycles. The number of alkyl halides is 1. The molecule has 0 aliphatic carbocycles. The number of amides is 1. The third kappa shape index (κ3) is 5.14. The molecule has 4 heterocycles. The Morgan fingerprint density at radius 3 is 2.95 bits per heavy atom. The summed E-state index contributed by atoms with van der Waals surface area (Å²) in [5.41, 5.74) is 8.37. The van der Waals surface area contributed by atoms with Crippen LogP contribution in [0.1, 0.15) is 12.0 Å². The smallest absolute Gasteiger partial charge is 0.413 e. The van der Waals surface area contributed by atoms with Gasteiger partial charge in [-0.1, -0.05) is 0 Å². The molecule has 0 saturated carbocycles. The number of rotatable bonds is 6. The largest absolute Gasteiger partial charge is 0.474 e. The number of nitrogens with zero attached hydrogens (tertiary/aromatic N) is 3. The molecule has 2 aromatic heterocycles. The minimum Gasteiger partial charge on any atom is -0.474 e. The van der Waals surface area contributed by atoms with Crippen LogP contribution >= 0.6 is 0 Å². The molecule has 0 bridgehead atoms. The van der Waals surface area contributed by atoms with Crippen molar-refractivity contribution in [1.82, 2.24) is 14.9 Å². The van der Waals surface area contributed by atoms with Crippen LogP contribution in [-0.2, 0) is 9.47 Å². The summed E-state index contributed by atoms with van der Waals surface area (Å²) in [5, 5.41) is 6.74. The van der Waals surface area contributed by atoms with Gasteiger partial charge in [-0.3, -0.25) is 10.2 Å².